The molecule has 1 heterocycles. The molecule has 2 rings (SSSR count). The largest absolute Gasteiger partial charge is 0.312 e. The minimum Gasteiger partial charge on any atom is -0.312 e. The zero-order valence-corrected chi connectivity index (χ0v) is 12.4. The summed E-state index contributed by atoms with van der Waals surface area (Å²) in [5, 5.41) is 4.71. The molecule has 102 valence electrons. The topological polar surface area (TPSA) is 24.9 Å². The molecular formula is C16H22N2S. The second-order valence-electron chi connectivity index (χ2n) is 4.74. The minimum atomic E-state index is 0.961. The molecule has 0 radical (unpaired) electrons. The van der Waals surface area contributed by atoms with Crippen molar-refractivity contribution >= 4 is 11.3 Å². The van der Waals surface area contributed by atoms with E-state index in [2.05, 4.69) is 47.6 Å². The number of hydrogen-bond donors (Lipinski definition) is 1. The molecule has 3 heteroatoms. The zero-order chi connectivity index (χ0) is 13.3. The predicted molar refractivity (Wildman–Crippen MR) is 82.6 cm³/mol. The van der Waals surface area contributed by atoms with Gasteiger partial charge in [-0.3, -0.25) is 0 Å². The average molecular weight is 274 g/mol. The van der Waals surface area contributed by atoms with Crippen molar-refractivity contribution < 1.29 is 0 Å². The molecule has 0 fully saturated rings. The fourth-order valence-electron chi connectivity index (χ4n) is 1.95. The molecule has 0 bridgehead atoms. The Labute approximate surface area is 119 Å². The normalized spacial score (nSPS) is 10.8. The molecule has 2 nitrogen and oxygen atoms in total. The van der Waals surface area contributed by atoms with Crippen molar-refractivity contribution in [1.29, 1.82) is 0 Å². The number of aryl methyl sites for hydroxylation is 2. The van der Waals surface area contributed by atoms with Gasteiger partial charge >= 0.3 is 0 Å². The number of thiazole rings is 1. The number of aromatic nitrogens is 1. The van der Waals surface area contributed by atoms with Crippen LogP contribution in [-0.2, 0) is 19.4 Å². The molecule has 0 saturated carbocycles. The summed E-state index contributed by atoms with van der Waals surface area (Å²) in [5.74, 6) is 0. The Bertz CT molecular complexity index is 465. The monoisotopic (exact) mass is 274 g/mol. The highest BCUT2D eigenvalue weighted by molar-refractivity contribution is 7.11. The van der Waals surface area contributed by atoms with Crippen LogP contribution in [0.25, 0.3) is 0 Å². The molecule has 1 aromatic carbocycles. The molecule has 0 saturated heterocycles. The maximum absolute atomic E-state index is 4.51. The van der Waals surface area contributed by atoms with Crippen molar-refractivity contribution in [2.45, 2.75) is 39.2 Å². The van der Waals surface area contributed by atoms with E-state index in [-0.39, 0.29) is 0 Å². The smallest absolute Gasteiger partial charge is 0.0931 e. The number of benzene rings is 1. The van der Waals surface area contributed by atoms with Crippen LogP contribution in [0.5, 0.6) is 0 Å². The van der Waals surface area contributed by atoms with E-state index in [0.717, 1.165) is 25.9 Å². The van der Waals surface area contributed by atoms with Crippen LogP contribution in [0.2, 0.25) is 0 Å². The van der Waals surface area contributed by atoms with Crippen LogP contribution in [0.1, 0.15) is 35.2 Å². The van der Waals surface area contributed by atoms with Gasteiger partial charge in [-0.05, 0) is 24.9 Å². The van der Waals surface area contributed by atoms with Crippen LogP contribution in [0.4, 0.5) is 0 Å². The SMILES string of the molecule is CCCCNCc1cnc(CCc2ccccc2)s1. The third-order valence-corrected chi connectivity index (χ3v) is 4.14. The molecule has 19 heavy (non-hydrogen) atoms. The third kappa shape index (κ3) is 5.13. The van der Waals surface area contributed by atoms with Crippen molar-refractivity contribution in [3.05, 3.63) is 52.0 Å². The summed E-state index contributed by atoms with van der Waals surface area (Å²) in [6.45, 7) is 4.28. The van der Waals surface area contributed by atoms with Gasteiger partial charge in [0, 0.05) is 24.0 Å². The van der Waals surface area contributed by atoms with Gasteiger partial charge in [0.05, 0.1) is 5.01 Å². The van der Waals surface area contributed by atoms with Gasteiger partial charge in [-0.1, -0.05) is 43.7 Å². The highest BCUT2D eigenvalue weighted by Crippen LogP contribution is 2.15. The fraction of sp³-hybridized carbons (Fsp3) is 0.438. The van der Waals surface area contributed by atoms with E-state index in [1.165, 1.54) is 28.3 Å². The van der Waals surface area contributed by atoms with Gasteiger partial charge in [0.15, 0.2) is 0 Å². The van der Waals surface area contributed by atoms with E-state index in [1.807, 2.05) is 17.5 Å². The van der Waals surface area contributed by atoms with Crippen LogP contribution < -0.4 is 5.32 Å². The van der Waals surface area contributed by atoms with Crippen LogP contribution >= 0.6 is 11.3 Å². The summed E-state index contributed by atoms with van der Waals surface area (Å²) < 4.78 is 0. The van der Waals surface area contributed by atoms with Gasteiger partial charge in [0.2, 0.25) is 0 Å². The predicted octanol–water partition coefficient (Wildman–Crippen LogP) is 3.82. The lowest BCUT2D eigenvalue weighted by Gasteiger charge is -2.00. The number of unbranched alkanes of at least 4 members (excludes halogenated alkanes) is 1. The lowest BCUT2D eigenvalue weighted by molar-refractivity contribution is 0.645. The minimum absolute atomic E-state index is 0.961. The van der Waals surface area contributed by atoms with E-state index >= 15 is 0 Å². The Balaban J connectivity index is 1.74. The highest BCUT2D eigenvalue weighted by Gasteiger charge is 2.02. The Morgan fingerprint density at radius 2 is 2.00 bits per heavy atom. The molecule has 0 aliphatic heterocycles. The Morgan fingerprint density at radius 1 is 1.16 bits per heavy atom. The molecule has 0 spiro atoms. The van der Waals surface area contributed by atoms with E-state index in [0.29, 0.717) is 0 Å². The van der Waals surface area contributed by atoms with Crippen LogP contribution in [0.3, 0.4) is 0 Å². The highest BCUT2D eigenvalue weighted by atomic mass is 32.1. The molecule has 0 aliphatic carbocycles. The number of rotatable bonds is 8. The van der Waals surface area contributed by atoms with Crippen molar-refractivity contribution in [3.63, 3.8) is 0 Å². The lowest BCUT2D eigenvalue weighted by atomic mass is 10.1. The van der Waals surface area contributed by atoms with Crippen molar-refractivity contribution in [3.8, 4) is 0 Å². The molecular weight excluding hydrogens is 252 g/mol. The van der Waals surface area contributed by atoms with Crippen molar-refractivity contribution in [2.75, 3.05) is 6.54 Å². The average Bonchev–Trinajstić information content (AvgIpc) is 2.91. The maximum Gasteiger partial charge on any atom is 0.0931 e. The van der Waals surface area contributed by atoms with E-state index < -0.39 is 0 Å². The van der Waals surface area contributed by atoms with Gasteiger partial charge in [-0.2, -0.15) is 0 Å². The van der Waals surface area contributed by atoms with Gasteiger partial charge in [0.1, 0.15) is 0 Å². The fourth-order valence-corrected chi connectivity index (χ4v) is 2.85. The first-order valence-corrected chi connectivity index (χ1v) is 7.88. The molecule has 0 amide bonds. The number of nitrogens with zero attached hydrogens (tertiary/aromatic N) is 1. The summed E-state index contributed by atoms with van der Waals surface area (Å²) >= 11 is 1.84. The van der Waals surface area contributed by atoms with Crippen molar-refractivity contribution in [2.24, 2.45) is 0 Å². The van der Waals surface area contributed by atoms with E-state index in [1.54, 1.807) is 0 Å². The molecule has 1 N–H and O–H groups in total. The van der Waals surface area contributed by atoms with Crippen LogP contribution in [0, 0.1) is 0 Å². The molecule has 0 atom stereocenters. The summed E-state index contributed by atoms with van der Waals surface area (Å²) in [7, 11) is 0. The Hall–Kier alpha value is -1.19. The molecule has 0 unspecified atom stereocenters. The summed E-state index contributed by atoms with van der Waals surface area (Å²) in [6, 6.07) is 10.6. The summed E-state index contributed by atoms with van der Waals surface area (Å²) in [6.07, 6.45) is 6.64. The quantitative estimate of drug-likeness (QED) is 0.740. The van der Waals surface area contributed by atoms with E-state index in [4.69, 9.17) is 0 Å². The Morgan fingerprint density at radius 3 is 2.79 bits per heavy atom. The number of hydrogen-bond acceptors (Lipinski definition) is 3. The third-order valence-electron chi connectivity index (χ3n) is 3.08. The first kappa shape index (κ1) is 14.2. The maximum atomic E-state index is 4.51. The first-order valence-electron chi connectivity index (χ1n) is 7.06. The summed E-state index contributed by atoms with van der Waals surface area (Å²) in [5.41, 5.74) is 1.39. The van der Waals surface area contributed by atoms with Gasteiger partial charge in [-0.15, -0.1) is 11.3 Å². The Kier molecular flexibility index (Phi) is 6.05. The zero-order valence-electron chi connectivity index (χ0n) is 11.6. The lowest BCUT2D eigenvalue weighted by Crippen LogP contribution is -2.13. The molecule has 0 aliphatic rings. The first-order chi connectivity index (χ1) is 9.38. The molecule has 2 aromatic rings. The van der Waals surface area contributed by atoms with E-state index in [9.17, 15) is 0 Å². The van der Waals surface area contributed by atoms with Gasteiger partial charge in [0.25, 0.3) is 0 Å². The van der Waals surface area contributed by atoms with Crippen LogP contribution in [-0.4, -0.2) is 11.5 Å². The summed E-state index contributed by atoms with van der Waals surface area (Å²) in [4.78, 5) is 5.86. The van der Waals surface area contributed by atoms with Crippen molar-refractivity contribution in [1.82, 2.24) is 10.3 Å². The second kappa shape index (κ2) is 8.08. The standard InChI is InChI=1S/C16H22N2S/c1-2-3-11-17-12-15-13-18-16(19-15)10-9-14-7-5-4-6-8-14/h4-8,13,17H,2-3,9-12H2,1H3. The van der Waals surface area contributed by atoms with Gasteiger partial charge in [-0.25, -0.2) is 4.98 Å². The second-order valence-corrected chi connectivity index (χ2v) is 5.94. The number of nitrogens with one attached hydrogen (secondary N) is 1. The van der Waals surface area contributed by atoms with Crippen LogP contribution in [0.15, 0.2) is 36.5 Å². The van der Waals surface area contributed by atoms with Gasteiger partial charge < -0.3 is 5.32 Å². The molecule has 1 aromatic heterocycles.